The standard InChI is InChI=1S/C27H36N2O4S/c1-5-7-16-29(20(4)19(3)11-6-2)27(33)25(31)24(30)26(32)28-18-23-15-14-22(34-23)17-21-12-9-8-10-13-21/h6,8-15,20,24-25,30-31H,3,5,7,16-18H2,1-2,4H3,(H,28,32)/b11-6-. The zero-order chi connectivity index (χ0) is 25.1. The van der Waals surface area contributed by atoms with Crippen LogP contribution in [-0.4, -0.2) is 51.7 Å². The fraction of sp³-hybridized carbons (Fsp3) is 0.407. The maximum absolute atomic E-state index is 13.0. The molecule has 0 bridgehead atoms. The molecule has 0 aliphatic rings. The summed E-state index contributed by atoms with van der Waals surface area (Å²) in [6.45, 7) is 10.3. The van der Waals surface area contributed by atoms with Gasteiger partial charge in [-0.05, 0) is 43.5 Å². The summed E-state index contributed by atoms with van der Waals surface area (Å²) in [6.07, 6.45) is 2.32. The molecule has 2 aromatic rings. The Bertz CT molecular complexity index is 970. The highest BCUT2D eigenvalue weighted by Crippen LogP contribution is 2.20. The fourth-order valence-electron chi connectivity index (χ4n) is 3.51. The number of nitrogens with one attached hydrogen (secondary N) is 1. The number of aliphatic hydroxyl groups excluding tert-OH is 2. The molecular weight excluding hydrogens is 448 g/mol. The average Bonchev–Trinajstić information content (AvgIpc) is 3.29. The number of nitrogens with zero attached hydrogens (tertiary/aromatic N) is 1. The van der Waals surface area contributed by atoms with Crippen LogP contribution in [0.4, 0.5) is 0 Å². The normalized spacial score (nSPS) is 13.9. The smallest absolute Gasteiger partial charge is 0.255 e. The number of carbonyl (C=O) groups is 2. The lowest BCUT2D eigenvalue weighted by Gasteiger charge is -2.32. The van der Waals surface area contributed by atoms with Crippen molar-refractivity contribution in [2.75, 3.05) is 6.54 Å². The van der Waals surface area contributed by atoms with Crippen LogP contribution in [0.3, 0.4) is 0 Å². The second kappa shape index (κ2) is 13.8. The first-order valence-corrected chi connectivity index (χ1v) is 12.5. The maximum Gasteiger partial charge on any atom is 0.255 e. The van der Waals surface area contributed by atoms with Crippen molar-refractivity contribution < 1.29 is 19.8 Å². The van der Waals surface area contributed by atoms with Gasteiger partial charge in [-0.25, -0.2) is 0 Å². The Balaban J connectivity index is 1.96. The Labute approximate surface area is 206 Å². The number of amides is 2. The van der Waals surface area contributed by atoms with Crippen molar-refractivity contribution in [2.45, 2.75) is 64.8 Å². The summed E-state index contributed by atoms with van der Waals surface area (Å²) in [5.41, 5.74) is 1.91. The summed E-state index contributed by atoms with van der Waals surface area (Å²) < 4.78 is 0. The number of aliphatic hydroxyl groups is 2. The largest absolute Gasteiger partial charge is 0.380 e. The molecule has 0 spiro atoms. The SMILES string of the molecule is C=C(/C=C\C)C(C)N(CCCC)C(=O)C(O)C(O)C(=O)NCc1ccc(Cc2ccccc2)s1. The molecule has 3 unspecified atom stereocenters. The van der Waals surface area contributed by atoms with Gasteiger partial charge in [0.1, 0.15) is 0 Å². The maximum atomic E-state index is 13.0. The molecule has 7 heteroatoms. The van der Waals surface area contributed by atoms with Crippen molar-refractivity contribution in [3.63, 3.8) is 0 Å². The van der Waals surface area contributed by atoms with E-state index in [1.165, 1.54) is 10.5 Å². The van der Waals surface area contributed by atoms with E-state index in [1.54, 1.807) is 17.4 Å². The van der Waals surface area contributed by atoms with Crippen LogP contribution in [0, 0.1) is 0 Å². The van der Waals surface area contributed by atoms with Gasteiger partial charge in [0.15, 0.2) is 12.2 Å². The predicted molar refractivity (Wildman–Crippen MR) is 137 cm³/mol. The van der Waals surface area contributed by atoms with E-state index < -0.39 is 24.0 Å². The van der Waals surface area contributed by atoms with Crippen LogP contribution >= 0.6 is 11.3 Å². The van der Waals surface area contributed by atoms with Gasteiger partial charge in [0.05, 0.1) is 12.6 Å². The molecule has 0 saturated carbocycles. The molecule has 0 aliphatic heterocycles. The molecular formula is C27H36N2O4S. The molecule has 0 radical (unpaired) electrons. The number of hydrogen-bond acceptors (Lipinski definition) is 5. The quantitative estimate of drug-likeness (QED) is 0.377. The van der Waals surface area contributed by atoms with E-state index in [4.69, 9.17) is 0 Å². The number of allylic oxidation sites excluding steroid dienone is 1. The van der Waals surface area contributed by atoms with Crippen LogP contribution in [0.5, 0.6) is 0 Å². The van der Waals surface area contributed by atoms with Crippen LogP contribution in [0.25, 0.3) is 0 Å². The second-order valence-corrected chi connectivity index (χ2v) is 9.53. The fourth-order valence-corrected chi connectivity index (χ4v) is 4.51. The van der Waals surface area contributed by atoms with Gasteiger partial charge in [0, 0.05) is 22.7 Å². The van der Waals surface area contributed by atoms with Gasteiger partial charge in [-0.1, -0.05) is 62.4 Å². The lowest BCUT2D eigenvalue weighted by molar-refractivity contribution is -0.154. The van der Waals surface area contributed by atoms with E-state index in [0.29, 0.717) is 12.1 Å². The molecule has 34 heavy (non-hydrogen) atoms. The van der Waals surface area contributed by atoms with Crippen LogP contribution in [-0.2, 0) is 22.6 Å². The molecule has 6 nitrogen and oxygen atoms in total. The van der Waals surface area contributed by atoms with Gasteiger partial charge in [-0.3, -0.25) is 9.59 Å². The van der Waals surface area contributed by atoms with Gasteiger partial charge >= 0.3 is 0 Å². The van der Waals surface area contributed by atoms with Gasteiger partial charge < -0.3 is 20.4 Å². The lowest BCUT2D eigenvalue weighted by atomic mass is 10.0. The summed E-state index contributed by atoms with van der Waals surface area (Å²) in [6, 6.07) is 13.7. The molecule has 1 aromatic carbocycles. The van der Waals surface area contributed by atoms with Gasteiger partial charge in [0.2, 0.25) is 0 Å². The minimum atomic E-state index is -1.86. The molecule has 0 fully saturated rings. The van der Waals surface area contributed by atoms with Crippen molar-refractivity contribution >= 4 is 23.2 Å². The Kier molecular flexibility index (Phi) is 11.2. The first-order chi connectivity index (χ1) is 16.3. The highest BCUT2D eigenvalue weighted by molar-refractivity contribution is 7.12. The van der Waals surface area contributed by atoms with Crippen molar-refractivity contribution in [3.05, 3.63) is 82.1 Å². The van der Waals surface area contributed by atoms with Crippen molar-refractivity contribution in [2.24, 2.45) is 0 Å². The Morgan fingerprint density at radius 2 is 1.79 bits per heavy atom. The van der Waals surface area contributed by atoms with Crippen LogP contribution in [0.2, 0.25) is 0 Å². The Morgan fingerprint density at radius 1 is 1.12 bits per heavy atom. The third-order valence-electron chi connectivity index (χ3n) is 5.62. The minimum Gasteiger partial charge on any atom is -0.380 e. The number of thiophene rings is 1. The van der Waals surface area contributed by atoms with Gasteiger partial charge in [-0.2, -0.15) is 0 Å². The highest BCUT2D eigenvalue weighted by Gasteiger charge is 2.35. The summed E-state index contributed by atoms with van der Waals surface area (Å²) >= 11 is 1.57. The number of benzene rings is 1. The first-order valence-electron chi connectivity index (χ1n) is 11.7. The van der Waals surface area contributed by atoms with Crippen molar-refractivity contribution in [3.8, 4) is 0 Å². The first kappa shape index (κ1) is 27.5. The summed E-state index contributed by atoms with van der Waals surface area (Å²) in [5, 5.41) is 23.5. The predicted octanol–water partition coefficient (Wildman–Crippen LogP) is 3.83. The number of carbonyl (C=O) groups excluding carboxylic acids is 2. The molecule has 2 amide bonds. The van der Waals surface area contributed by atoms with Gasteiger partial charge in [-0.15, -0.1) is 11.3 Å². The van der Waals surface area contributed by atoms with E-state index >= 15 is 0 Å². The van der Waals surface area contributed by atoms with Crippen molar-refractivity contribution in [1.29, 1.82) is 0 Å². The number of rotatable bonds is 13. The molecule has 3 N–H and O–H groups in total. The molecule has 3 atom stereocenters. The van der Waals surface area contributed by atoms with E-state index in [1.807, 2.05) is 57.2 Å². The van der Waals surface area contributed by atoms with E-state index in [-0.39, 0.29) is 12.6 Å². The zero-order valence-corrected chi connectivity index (χ0v) is 21.1. The highest BCUT2D eigenvalue weighted by atomic mass is 32.1. The van der Waals surface area contributed by atoms with Crippen LogP contribution in [0.1, 0.15) is 48.9 Å². The lowest BCUT2D eigenvalue weighted by Crippen LogP contribution is -2.53. The molecule has 1 heterocycles. The monoisotopic (exact) mass is 484 g/mol. The molecule has 0 aliphatic carbocycles. The topological polar surface area (TPSA) is 89.9 Å². The number of unbranched alkanes of at least 4 members (excludes halogenated alkanes) is 1. The molecule has 1 aromatic heterocycles. The molecule has 0 saturated heterocycles. The Hall–Kier alpha value is -2.74. The molecule has 184 valence electrons. The third kappa shape index (κ3) is 7.94. The summed E-state index contributed by atoms with van der Waals surface area (Å²) in [7, 11) is 0. The third-order valence-corrected chi connectivity index (χ3v) is 6.70. The van der Waals surface area contributed by atoms with E-state index in [9.17, 15) is 19.8 Å². The van der Waals surface area contributed by atoms with Crippen LogP contribution < -0.4 is 5.32 Å². The van der Waals surface area contributed by atoms with Crippen molar-refractivity contribution in [1.82, 2.24) is 10.2 Å². The van der Waals surface area contributed by atoms with E-state index in [0.717, 1.165) is 29.0 Å². The van der Waals surface area contributed by atoms with E-state index in [2.05, 4.69) is 24.0 Å². The summed E-state index contributed by atoms with van der Waals surface area (Å²) in [4.78, 5) is 29.0. The minimum absolute atomic E-state index is 0.213. The van der Waals surface area contributed by atoms with Gasteiger partial charge in [0.25, 0.3) is 11.8 Å². The molecule has 2 rings (SSSR count). The summed E-state index contributed by atoms with van der Waals surface area (Å²) in [5.74, 6) is -1.47. The average molecular weight is 485 g/mol. The zero-order valence-electron chi connectivity index (χ0n) is 20.2. The Morgan fingerprint density at radius 3 is 2.44 bits per heavy atom. The second-order valence-electron chi connectivity index (χ2n) is 8.27. The number of hydrogen-bond donors (Lipinski definition) is 3. The van der Waals surface area contributed by atoms with Crippen LogP contribution in [0.15, 0.2) is 66.8 Å².